The van der Waals surface area contributed by atoms with E-state index in [1.54, 1.807) is 0 Å². The number of rotatable bonds is 2. The van der Waals surface area contributed by atoms with E-state index in [1.807, 2.05) is 24.3 Å². The van der Waals surface area contributed by atoms with Crippen molar-refractivity contribution in [2.45, 2.75) is 20.3 Å². The first-order chi connectivity index (χ1) is 8.02. The Morgan fingerprint density at radius 2 is 2.00 bits per heavy atom. The lowest BCUT2D eigenvalue weighted by atomic mass is 9.93. The Balaban J connectivity index is 2.14. The van der Waals surface area contributed by atoms with Crippen LogP contribution in [0.25, 0.3) is 0 Å². The van der Waals surface area contributed by atoms with E-state index in [0.29, 0.717) is 5.41 Å². The molecule has 3 N–H and O–H groups in total. The minimum atomic E-state index is 0.151. The molecular formula is C13H19N3O. The minimum absolute atomic E-state index is 0.151. The van der Waals surface area contributed by atoms with Crippen molar-refractivity contribution in [3.8, 4) is 0 Å². The molecule has 0 amide bonds. The average molecular weight is 233 g/mol. The first-order valence-electron chi connectivity index (χ1n) is 5.85. The van der Waals surface area contributed by atoms with E-state index in [2.05, 4.69) is 23.9 Å². The van der Waals surface area contributed by atoms with E-state index in [-0.39, 0.29) is 5.84 Å². The Labute approximate surface area is 102 Å². The zero-order valence-electron chi connectivity index (χ0n) is 10.3. The Morgan fingerprint density at radius 1 is 1.35 bits per heavy atom. The van der Waals surface area contributed by atoms with Gasteiger partial charge in [0.15, 0.2) is 5.84 Å². The van der Waals surface area contributed by atoms with Gasteiger partial charge in [-0.3, -0.25) is 0 Å². The molecule has 1 aliphatic heterocycles. The maximum absolute atomic E-state index is 8.59. The third kappa shape index (κ3) is 2.52. The third-order valence-corrected chi connectivity index (χ3v) is 3.31. The van der Waals surface area contributed by atoms with Crippen LogP contribution in [0.2, 0.25) is 0 Å². The van der Waals surface area contributed by atoms with Crippen LogP contribution in [0.5, 0.6) is 0 Å². The van der Waals surface area contributed by atoms with Gasteiger partial charge < -0.3 is 15.8 Å². The lowest BCUT2D eigenvalue weighted by Gasteiger charge is -2.21. The second-order valence-corrected chi connectivity index (χ2v) is 5.37. The van der Waals surface area contributed by atoms with Crippen molar-refractivity contribution in [1.29, 1.82) is 0 Å². The molecule has 0 atom stereocenters. The molecule has 1 aliphatic rings. The molecule has 17 heavy (non-hydrogen) atoms. The SMILES string of the molecule is CC1(C)CCN(c2ccc(C(N)=NO)cc2)C1. The highest BCUT2D eigenvalue weighted by atomic mass is 16.4. The van der Waals surface area contributed by atoms with Crippen molar-refractivity contribution >= 4 is 11.5 Å². The molecule has 0 saturated carbocycles. The topological polar surface area (TPSA) is 61.8 Å². The van der Waals surface area contributed by atoms with E-state index < -0.39 is 0 Å². The van der Waals surface area contributed by atoms with Crippen LogP contribution in [-0.2, 0) is 0 Å². The van der Waals surface area contributed by atoms with Crippen LogP contribution in [0.1, 0.15) is 25.8 Å². The summed E-state index contributed by atoms with van der Waals surface area (Å²) in [6, 6.07) is 7.81. The van der Waals surface area contributed by atoms with Crippen LogP contribution in [0.4, 0.5) is 5.69 Å². The average Bonchev–Trinajstić information content (AvgIpc) is 2.69. The van der Waals surface area contributed by atoms with E-state index in [0.717, 1.165) is 18.7 Å². The molecule has 0 bridgehead atoms. The minimum Gasteiger partial charge on any atom is -0.409 e. The van der Waals surface area contributed by atoms with E-state index in [9.17, 15) is 0 Å². The number of nitrogens with two attached hydrogens (primary N) is 1. The fourth-order valence-corrected chi connectivity index (χ4v) is 2.23. The number of benzene rings is 1. The Kier molecular flexibility index (Phi) is 2.96. The Morgan fingerprint density at radius 3 is 2.47 bits per heavy atom. The summed E-state index contributed by atoms with van der Waals surface area (Å²) in [6.45, 7) is 6.75. The molecule has 4 heteroatoms. The zero-order valence-corrected chi connectivity index (χ0v) is 10.3. The molecule has 1 saturated heterocycles. The fraction of sp³-hybridized carbons (Fsp3) is 0.462. The van der Waals surface area contributed by atoms with Crippen molar-refractivity contribution in [2.75, 3.05) is 18.0 Å². The van der Waals surface area contributed by atoms with Gasteiger partial charge in [-0.25, -0.2) is 0 Å². The maximum Gasteiger partial charge on any atom is 0.170 e. The van der Waals surface area contributed by atoms with Crippen LogP contribution in [0, 0.1) is 5.41 Å². The zero-order chi connectivity index (χ0) is 12.5. The van der Waals surface area contributed by atoms with Crippen molar-refractivity contribution in [1.82, 2.24) is 0 Å². The second-order valence-electron chi connectivity index (χ2n) is 5.37. The number of hydrogen-bond donors (Lipinski definition) is 2. The van der Waals surface area contributed by atoms with Gasteiger partial charge in [0.2, 0.25) is 0 Å². The molecule has 0 aliphatic carbocycles. The molecular weight excluding hydrogens is 214 g/mol. The summed E-state index contributed by atoms with van der Waals surface area (Å²) in [7, 11) is 0. The standard InChI is InChI=1S/C13H19N3O/c1-13(2)7-8-16(9-13)11-5-3-10(4-6-11)12(14)15-17/h3-6,17H,7-9H2,1-2H3,(H2,14,15). The predicted octanol–water partition coefficient (Wildman–Crippen LogP) is 2.02. The highest BCUT2D eigenvalue weighted by molar-refractivity contribution is 5.97. The number of hydrogen-bond acceptors (Lipinski definition) is 3. The maximum atomic E-state index is 8.59. The number of nitrogens with zero attached hydrogens (tertiary/aromatic N) is 2. The van der Waals surface area contributed by atoms with Gasteiger partial charge in [-0.2, -0.15) is 0 Å². The summed E-state index contributed by atoms with van der Waals surface area (Å²) >= 11 is 0. The lowest BCUT2D eigenvalue weighted by Crippen LogP contribution is -2.22. The molecule has 0 unspecified atom stereocenters. The molecule has 0 spiro atoms. The van der Waals surface area contributed by atoms with Crippen molar-refractivity contribution in [3.05, 3.63) is 29.8 Å². The smallest absolute Gasteiger partial charge is 0.170 e. The Hall–Kier alpha value is -1.71. The van der Waals surface area contributed by atoms with Crippen LogP contribution in [0.15, 0.2) is 29.4 Å². The molecule has 2 rings (SSSR count). The first-order valence-corrected chi connectivity index (χ1v) is 5.85. The van der Waals surface area contributed by atoms with Crippen LogP contribution >= 0.6 is 0 Å². The summed E-state index contributed by atoms with van der Waals surface area (Å²) in [5, 5.41) is 11.6. The fourth-order valence-electron chi connectivity index (χ4n) is 2.23. The largest absolute Gasteiger partial charge is 0.409 e. The van der Waals surface area contributed by atoms with E-state index in [1.165, 1.54) is 12.1 Å². The van der Waals surface area contributed by atoms with Crippen molar-refractivity contribution in [2.24, 2.45) is 16.3 Å². The van der Waals surface area contributed by atoms with Gasteiger partial charge in [0.25, 0.3) is 0 Å². The van der Waals surface area contributed by atoms with Gasteiger partial charge >= 0.3 is 0 Å². The number of oxime groups is 1. The molecule has 0 radical (unpaired) electrons. The van der Waals surface area contributed by atoms with Crippen LogP contribution in [-0.4, -0.2) is 24.1 Å². The highest BCUT2D eigenvalue weighted by Gasteiger charge is 2.29. The van der Waals surface area contributed by atoms with Gasteiger partial charge in [-0.15, -0.1) is 0 Å². The van der Waals surface area contributed by atoms with Gasteiger partial charge in [-0.05, 0) is 36.1 Å². The summed E-state index contributed by atoms with van der Waals surface area (Å²) in [6.07, 6.45) is 1.22. The first kappa shape index (κ1) is 11.8. The summed E-state index contributed by atoms with van der Waals surface area (Å²) in [4.78, 5) is 2.37. The van der Waals surface area contributed by atoms with Crippen molar-refractivity contribution < 1.29 is 5.21 Å². The lowest BCUT2D eigenvalue weighted by molar-refractivity contribution is 0.318. The van der Waals surface area contributed by atoms with Gasteiger partial charge in [0.1, 0.15) is 0 Å². The van der Waals surface area contributed by atoms with Crippen molar-refractivity contribution in [3.63, 3.8) is 0 Å². The molecule has 0 aromatic heterocycles. The van der Waals surface area contributed by atoms with Gasteiger partial charge in [0, 0.05) is 24.3 Å². The van der Waals surface area contributed by atoms with Gasteiger partial charge in [0.05, 0.1) is 0 Å². The van der Waals surface area contributed by atoms with Crippen LogP contribution in [0.3, 0.4) is 0 Å². The Bertz CT molecular complexity index is 423. The molecule has 1 aromatic rings. The molecule has 1 fully saturated rings. The normalized spacial score (nSPS) is 19.6. The molecule has 92 valence electrons. The summed E-state index contributed by atoms with van der Waals surface area (Å²) in [5.41, 5.74) is 7.86. The second kappa shape index (κ2) is 4.28. The number of anilines is 1. The summed E-state index contributed by atoms with van der Waals surface area (Å²) < 4.78 is 0. The predicted molar refractivity (Wildman–Crippen MR) is 69.6 cm³/mol. The van der Waals surface area contributed by atoms with Crippen LogP contribution < -0.4 is 10.6 Å². The summed E-state index contributed by atoms with van der Waals surface area (Å²) in [5.74, 6) is 0.151. The number of amidine groups is 1. The molecule has 4 nitrogen and oxygen atoms in total. The van der Waals surface area contributed by atoms with Gasteiger partial charge in [-0.1, -0.05) is 19.0 Å². The van der Waals surface area contributed by atoms with E-state index >= 15 is 0 Å². The van der Waals surface area contributed by atoms with E-state index in [4.69, 9.17) is 10.9 Å². The molecule has 1 heterocycles. The third-order valence-electron chi connectivity index (χ3n) is 3.31. The molecule has 1 aromatic carbocycles. The highest BCUT2D eigenvalue weighted by Crippen LogP contribution is 2.32. The monoisotopic (exact) mass is 233 g/mol. The quantitative estimate of drug-likeness (QED) is 0.355.